The fourth-order valence-electron chi connectivity index (χ4n) is 2.53. The van der Waals surface area contributed by atoms with E-state index in [4.69, 9.17) is 0 Å². The Bertz CT molecular complexity index is 360. The van der Waals surface area contributed by atoms with Gasteiger partial charge in [-0.3, -0.25) is 9.59 Å². The number of amides is 2. The summed E-state index contributed by atoms with van der Waals surface area (Å²) in [5.74, 6) is 0.932. The zero-order valence-corrected chi connectivity index (χ0v) is 12.2. The zero-order chi connectivity index (χ0) is 13.9. The van der Waals surface area contributed by atoms with E-state index in [2.05, 4.69) is 0 Å². The molecule has 2 aliphatic rings. The molecule has 0 aromatic rings. The van der Waals surface area contributed by atoms with E-state index < -0.39 is 5.60 Å². The molecule has 6 heteroatoms. The molecule has 108 valence electrons. The summed E-state index contributed by atoms with van der Waals surface area (Å²) in [5, 5.41) is 10.1. The van der Waals surface area contributed by atoms with Gasteiger partial charge in [0.2, 0.25) is 5.91 Å². The maximum Gasteiger partial charge on any atom is 0.281 e. The minimum atomic E-state index is -0.642. The minimum Gasteiger partial charge on any atom is -0.390 e. The van der Waals surface area contributed by atoms with Gasteiger partial charge in [-0.05, 0) is 26.2 Å². The summed E-state index contributed by atoms with van der Waals surface area (Å²) in [7, 11) is 0. The van der Waals surface area contributed by atoms with Crippen molar-refractivity contribution in [3.8, 4) is 0 Å². The van der Waals surface area contributed by atoms with E-state index in [0.29, 0.717) is 25.9 Å². The van der Waals surface area contributed by atoms with Crippen LogP contribution in [-0.4, -0.2) is 63.6 Å². The summed E-state index contributed by atoms with van der Waals surface area (Å²) in [6.45, 7) is 4.45. The fourth-order valence-corrected chi connectivity index (χ4v) is 3.38. The van der Waals surface area contributed by atoms with Crippen molar-refractivity contribution < 1.29 is 14.7 Å². The highest BCUT2D eigenvalue weighted by Crippen LogP contribution is 2.22. The van der Waals surface area contributed by atoms with Crippen molar-refractivity contribution in [3.63, 3.8) is 0 Å². The smallest absolute Gasteiger partial charge is 0.281 e. The third kappa shape index (κ3) is 4.11. The predicted molar refractivity (Wildman–Crippen MR) is 75.1 cm³/mol. The van der Waals surface area contributed by atoms with Crippen LogP contribution >= 0.6 is 11.8 Å². The predicted octanol–water partition coefficient (Wildman–Crippen LogP) is 1.31. The van der Waals surface area contributed by atoms with Crippen molar-refractivity contribution in [3.05, 3.63) is 0 Å². The third-order valence-electron chi connectivity index (χ3n) is 3.86. The lowest BCUT2D eigenvalue weighted by Gasteiger charge is -2.23. The van der Waals surface area contributed by atoms with Gasteiger partial charge < -0.3 is 14.9 Å². The van der Waals surface area contributed by atoms with Crippen LogP contribution in [0.4, 0.5) is 4.79 Å². The van der Waals surface area contributed by atoms with Gasteiger partial charge in [0.25, 0.3) is 5.24 Å². The number of likely N-dealkylation sites (tertiary alicyclic amines) is 1. The van der Waals surface area contributed by atoms with Crippen molar-refractivity contribution >= 4 is 22.9 Å². The van der Waals surface area contributed by atoms with Crippen molar-refractivity contribution in [2.45, 2.75) is 38.2 Å². The molecule has 2 amide bonds. The van der Waals surface area contributed by atoms with Crippen molar-refractivity contribution in [2.24, 2.45) is 0 Å². The Balaban J connectivity index is 1.78. The number of carbonyl (C=O) groups excluding carboxylic acids is 2. The molecule has 5 nitrogen and oxygen atoms in total. The van der Waals surface area contributed by atoms with Gasteiger partial charge in [-0.1, -0.05) is 11.8 Å². The van der Waals surface area contributed by atoms with Crippen LogP contribution in [0.3, 0.4) is 0 Å². The topological polar surface area (TPSA) is 60.9 Å². The molecular formula is C13H22N2O3S. The maximum atomic E-state index is 12.1. The number of hydrogen-bond donors (Lipinski definition) is 1. The molecule has 2 fully saturated rings. The number of hydrogen-bond acceptors (Lipinski definition) is 4. The first kappa shape index (κ1) is 14.7. The standard InChI is InChI=1S/C13H22N2O3S/c1-13(18)4-2-6-14(8-5-13)11(16)3-7-15-9-10-19-12(15)17/h18H,2-10H2,1H3. The fraction of sp³-hybridized carbons (Fsp3) is 0.846. The SMILES string of the molecule is CC1(O)CCCN(C(=O)CCN2CCSC2=O)CC1. The van der Waals surface area contributed by atoms with Crippen LogP contribution in [0.2, 0.25) is 0 Å². The Morgan fingerprint density at radius 1 is 1.37 bits per heavy atom. The monoisotopic (exact) mass is 286 g/mol. The number of carbonyl (C=O) groups is 2. The van der Waals surface area contributed by atoms with Gasteiger partial charge in [-0.2, -0.15) is 0 Å². The van der Waals surface area contributed by atoms with Crippen molar-refractivity contribution in [1.29, 1.82) is 0 Å². The molecule has 1 N–H and O–H groups in total. The molecule has 0 aromatic heterocycles. The first-order chi connectivity index (χ1) is 8.98. The van der Waals surface area contributed by atoms with Crippen LogP contribution in [-0.2, 0) is 4.79 Å². The van der Waals surface area contributed by atoms with Crippen molar-refractivity contribution in [1.82, 2.24) is 9.80 Å². The first-order valence-electron chi connectivity index (χ1n) is 6.90. The van der Waals surface area contributed by atoms with Crippen LogP contribution in [0.5, 0.6) is 0 Å². The molecule has 0 saturated carbocycles. The van der Waals surface area contributed by atoms with Crippen LogP contribution in [0.25, 0.3) is 0 Å². The zero-order valence-electron chi connectivity index (χ0n) is 11.4. The van der Waals surface area contributed by atoms with E-state index in [9.17, 15) is 14.7 Å². The molecule has 0 radical (unpaired) electrons. The van der Waals surface area contributed by atoms with Crippen LogP contribution in [0, 0.1) is 0 Å². The molecule has 1 atom stereocenters. The quantitative estimate of drug-likeness (QED) is 0.850. The minimum absolute atomic E-state index is 0.0894. The Morgan fingerprint density at radius 3 is 2.84 bits per heavy atom. The summed E-state index contributed by atoms with van der Waals surface area (Å²) < 4.78 is 0. The molecule has 2 saturated heterocycles. The van der Waals surface area contributed by atoms with E-state index >= 15 is 0 Å². The van der Waals surface area contributed by atoms with Gasteiger partial charge >= 0.3 is 0 Å². The highest BCUT2D eigenvalue weighted by molar-refractivity contribution is 8.13. The normalized spacial score (nSPS) is 28.6. The van der Waals surface area contributed by atoms with E-state index in [1.807, 2.05) is 11.8 Å². The molecule has 0 aromatic carbocycles. The highest BCUT2D eigenvalue weighted by Gasteiger charge is 2.28. The second kappa shape index (κ2) is 6.13. The maximum absolute atomic E-state index is 12.1. The molecular weight excluding hydrogens is 264 g/mol. The Kier molecular flexibility index (Phi) is 4.73. The van der Waals surface area contributed by atoms with Crippen molar-refractivity contribution in [2.75, 3.05) is 31.9 Å². The third-order valence-corrected chi connectivity index (χ3v) is 4.75. The van der Waals surface area contributed by atoms with E-state index in [-0.39, 0.29) is 11.1 Å². The summed E-state index contributed by atoms with van der Waals surface area (Å²) in [6, 6.07) is 0. The summed E-state index contributed by atoms with van der Waals surface area (Å²) in [5.41, 5.74) is -0.642. The first-order valence-corrected chi connectivity index (χ1v) is 7.88. The second-order valence-corrected chi connectivity index (χ2v) is 6.63. The second-order valence-electron chi connectivity index (χ2n) is 5.58. The highest BCUT2D eigenvalue weighted by atomic mass is 32.2. The number of aliphatic hydroxyl groups is 1. The number of nitrogens with zero attached hydrogens (tertiary/aromatic N) is 2. The number of thioether (sulfide) groups is 1. The van der Waals surface area contributed by atoms with E-state index in [0.717, 1.165) is 31.7 Å². The van der Waals surface area contributed by atoms with E-state index in [1.54, 1.807) is 4.90 Å². The molecule has 2 aliphatic heterocycles. The van der Waals surface area contributed by atoms with Crippen LogP contribution < -0.4 is 0 Å². The molecule has 0 spiro atoms. The van der Waals surface area contributed by atoms with E-state index in [1.165, 1.54) is 11.8 Å². The average molecular weight is 286 g/mol. The average Bonchev–Trinajstić information content (AvgIpc) is 2.66. The van der Waals surface area contributed by atoms with Gasteiger partial charge in [0.05, 0.1) is 5.60 Å². The number of rotatable bonds is 3. The Morgan fingerprint density at radius 2 is 2.16 bits per heavy atom. The lowest BCUT2D eigenvalue weighted by molar-refractivity contribution is -0.131. The molecule has 0 aliphatic carbocycles. The van der Waals surface area contributed by atoms with Gasteiger partial charge in [-0.25, -0.2) is 0 Å². The molecule has 0 bridgehead atoms. The Labute approximate surface area is 118 Å². The Hall–Kier alpha value is -0.750. The summed E-state index contributed by atoms with van der Waals surface area (Å²) in [6.07, 6.45) is 2.63. The van der Waals surface area contributed by atoms with Gasteiger partial charge in [0, 0.05) is 38.4 Å². The van der Waals surface area contributed by atoms with Gasteiger partial charge in [-0.15, -0.1) is 0 Å². The summed E-state index contributed by atoms with van der Waals surface area (Å²) in [4.78, 5) is 27.1. The lowest BCUT2D eigenvalue weighted by atomic mass is 9.98. The largest absolute Gasteiger partial charge is 0.390 e. The molecule has 1 unspecified atom stereocenters. The molecule has 2 heterocycles. The van der Waals surface area contributed by atoms with Crippen LogP contribution in [0.15, 0.2) is 0 Å². The lowest BCUT2D eigenvalue weighted by Crippen LogP contribution is -2.36. The van der Waals surface area contributed by atoms with Gasteiger partial charge in [0.15, 0.2) is 0 Å². The molecule has 19 heavy (non-hydrogen) atoms. The molecule has 2 rings (SSSR count). The van der Waals surface area contributed by atoms with Crippen LogP contribution in [0.1, 0.15) is 32.6 Å². The van der Waals surface area contributed by atoms with Gasteiger partial charge in [0.1, 0.15) is 0 Å². The summed E-state index contributed by atoms with van der Waals surface area (Å²) >= 11 is 1.32.